The van der Waals surface area contributed by atoms with Crippen LogP contribution < -0.4 is 0 Å². The molecule has 1 aromatic carbocycles. The molecule has 1 unspecified atom stereocenters. The van der Waals surface area contributed by atoms with Crippen LogP contribution in [-0.2, 0) is 11.2 Å². The molecule has 23 heavy (non-hydrogen) atoms. The Hall–Kier alpha value is -1.02. The molecule has 1 N–H and O–H groups in total. The highest BCUT2D eigenvalue weighted by Crippen LogP contribution is 2.61. The van der Waals surface area contributed by atoms with Crippen LogP contribution in [0.15, 0.2) is 18.2 Å². The Morgan fingerprint density at radius 1 is 1.22 bits per heavy atom. The molecule has 0 spiro atoms. The molecule has 0 radical (unpaired) electrons. The number of hydrogen-bond acceptors (Lipinski definition) is 2. The lowest BCUT2D eigenvalue weighted by atomic mass is 9.55. The van der Waals surface area contributed by atoms with Crippen LogP contribution in [0.25, 0.3) is 0 Å². The van der Waals surface area contributed by atoms with Gasteiger partial charge in [0.2, 0.25) is 0 Å². The minimum atomic E-state index is 0.394. The third-order valence-corrected chi connectivity index (χ3v) is 7.15. The fourth-order valence-electron chi connectivity index (χ4n) is 6.05. The summed E-state index contributed by atoms with van der Waals surface area (Å²) in [6.45, 7) is 5.63. The van der Waals surface area contributed by atoms with Crippen molar-refractivity contribution in [2.24, 2.45) is 17.3 Å². The zero-order valence-electron chi connectivity index (χ0n) is 14.6. The first-order valence-corrected chi connectivity index (χ1v) is 9.57. The summed E-state index contributed by atoms with van der Waals surface area (Å²) < 4.78 is 6.26. The second-order valence-corrected chi connectivity index (χ2v) is 8.28. The maximum absolute atomic E-state index is 9.78. The molecule has 3 aliphatic rings. The number of phenols is 1. The average molecular weight is 314 g/mol. The molecule has 0 bridgehead atoms. The summed E-state index contributed by atoms with van der Waals surface area (Å²) >= 11 is 0. The largest absolute Gasteiger partial charge is 0.508 e. The van der Waals surface area contributed by atoms with Crippen molar-refractivity contribution in [3.63, 3.8) is 0 Å². The highest BCUT2D eigenvalue weighted by molar-refractivity contribution is 5.40. The van der Waals surface area contributed by atoms with E-state index in [0.717, 1.165) is 31.3 Å². The van der Waals surface area contributed by atoms with Gasteiger partial charge in [0.25, 0.3) is 0 Å². The molecule has 2 saturated carbocycles. The van der Waals surface area contributed by atoms with Crippen LogP contribution >= 0.6 is 0 Å². The van der Waals surface area contributed by atoms with Gasteiger partial charge in [-0.1, -0.05) is 19.9 Å². The normalized spacial score (nSPS) is 38.7. The minimum Gasteiger partial charge on any atom is -0.508 e. The van der Waals surface area contributed by atoms with Crippen LogP contribution in [0.4, 0.5) is 0 Å². The molecular weight excluding hydrogens is 284 g/mol. The second-order valence-electron chi connectivity index (χ2n) is 8.28. The van der Waals surface area contributed by atoms with Crippen molar-refractivity contribution < 1.29 is 9.84 Å². The first-order chi connectivity index (χ1) is 11.1. The summed E-state index contributed by atoms with van der Waals surface area (Å²) in [6, 6.07) is 6.09. The first kappa shape index (κ1) is 15.5. The third-order valence-electron chi connectivity index (χ3n) is 7.15. The fraction of sp³-hybridized carbons (Fsp3) is 0.714. The molecule has 126 valence electrons. The summed E-state index contributed by atoms with van der Waals surface area (Å²) in [6.07, 6.45) is 9.23. The summed E-state index contributed by atoms with van der Waals surface area (Å²) in [5.41, 5.74) is 3.32. The number of hydrogen-bond donors (Lipinski definition) is 1. The molecule has 3 aliphatic carbocycles. The Morgan fingerprint density at radius 2 is 2.09 bits per heavy atom. The molecule has 2 heteroatoms. The molecule has 5 atom stereocenters. The first-order valence-electron chi connectivity index (χ1n) is 9.57. The molecule has 2 nitrogen and oxygen atoms in total. The van der Waals surface area contributed by atoms with E-state index in [1.54, 1.807) is 0 Å². The highest BCUT2D eigenvalue weighted by atomic mass is 16.5. The quantitative estimate of drug-likeness (QED) is 0.846. The van der Waals surface area contributed by atoms with E-state index in [1.165, 1.54) is 43.2 Å². The van der Waals surface area contributed by atoms with Gasteiger partial charge in [0, 0.05) is 6.61 Å². The molecule has 4 rings (SSSR count). The Bertz CT molecular complexity index is 581. The van der Waals surface area contributed by atoms with E-state index in [1.807, 2.05) is 12.1 Å². The summed E-state index contributed by atoms with van der Waals surface area (Å²) in [5.74, 6) is 2.78. The Kier molecular flexibility index (Phi) is 3.91. The number of rotatable bonds is 3. The van der Waals surface area contributed by atoms with E-state index in [9.17, 15) is 5.11 Å². The van der Waals surface area contributed by atoms with E-state index < -0.39 is 0 Å². The third kappa shape index (κ3) is 2.41. The van der Waals surface area contributed by atoms with E-state index in [-0.39, 0.29) is 0 Å². The van der Waals surface area contributed by atoms with Gasteiger partial charge in [0.15, 0.2) is 0 Å². The van der Waals surface area contributed by atoms with Gasteiger partial charge >= 0.3 is 0 Å². The molecule has 0 aromatic heterocycles. The molecule has 0 saturated heterocycles. The number of aromatic hydroxyl groups is 1. The molecule has 0 amide bonds. The van der Waals surface area contributed by atoms with Gasteiger partial charge in [-0.3, -0.25) is 0 Å². The minimum absolute atomic E-state index is 0.394. The van der Waals surface area contributed by atoms with Crippen molar-refractivity contribution in [1.29, 1.82) is 0 Å². The Balaban J connectivity index is 1.59. The van der Waals surface area contributed by atoms with Crippen molar-refractivity contribution in [1.82, 2.24) is 0 Å². The average Bonchev–Trinajstić information content (AvgIpc) is 2.89. The standard InChI is InChI=1S/C21H30O2/c1-3-12-23-20-9-8-19-18-6-4-14-13-15(22)5-7-16(14)17(18)10-11-21(19,20)2/h5,7,13,17-20,22H,3-4,6,8-12H2,1-2H3/t17-,18-,19+,20?,21+/m1/s1. The molecule has 0 aliphatic heterocycles. The lowest BCUT2D eigenvalue weighted by molar-refractivity contribution is -0.0636. The highest BCUT2D eigenvalue weighted by Gasteiger charge is 2.55. The van der Waals surface area contributed by atoms with Gasteiger partial charge in [-0.05, 0) is 91.4 Å². The fourth-order valence-corrected chi connectivity index (χ4v) is 6.05. The van der Waals surface area contributed by atoms with Crippen molar-refractivity contribution in [3.8, 4) is 5.75 Å². The number of benzene rings is 1. The zero-order valence-corrected chi connectivity index (χ0v) is 14.6. The number of aryl methyl sites for hydroxylation is 1. The summed E-state index contributed by atoms with van der Waals surface area (Å²) in [4.78, 5) is 0. The number of fused-ring (bicyclic) bond motifs is 5. The van der Waals surface area contributed by atoms with Gasteiger partial charge in [0.05, 0.1) is 6.10 Å². The van der Waals surface area contributed by atoms with Crippen LogP contribution in [0, 0.1) is 17.3 Å². The maximum atomic E-state index is 9.78. The SMILES string of the molecule is CCCOC1CC[C@H]2[C@@H]3CCc4cc(O)ccc4[C@H]3CC[C@]12C. The van der Waals surface area contributed by atoms with Gasteiger partial charge in [-0.15, -0.1) is 0 Å². The number of phenolic OH excluding ortho intramolecular Hbond substituents is 1. The van der Waals surface area contributed by atoms with Crippen LogP contribution in [0.1, 0.15) is 69.4 Å². The van der Waals surface area contributed by atoms with Gasteiger partial charge in [0.1, 0.15) is 5.75 Å². The van der Waals surface area contributed by atoms with E-state index >= 15 is 0 Å². The summed E-state index contributed by atoms with van der Waals surface area (Å²) in [5, 5.41) is 9.78. The molecule has 2 fully saturated rings. The van der Waals surface area contributed by atoms with Gasteiger partial charge in [-0.2, -0.15) is 0 Å². The molecular formula is C21H30O2. The van der Waals surface area contributed by atoms with Crippen LogP contribution in [0.5, 0.6) is 5.75 Å². The maximum Gasteiger partial charge on any atom is 0.115 e. The van der Waals surface area contributed by atoms with Crippen LogP contribution in [0.3, 0.4) is 0 Å². The second kappa shape index (κ2) is 5.81. The molecule has 1 aromatic rings. The van der Waals surface area contributed by atoms with Crippen molar-refractivity contribution in [2.45, 2.75) is 70.8 Å². The van der Waals surface area contributed by atoms with Crippen LogP contribution in [-0.4, -0.2) is 17.8 Å². The lowest BCUT2D eigenvalue weighted by Gasteiger charge is -2.50. The lowest BCUT2D eigenvalue weighted by Crippen LogP contribution is -2.44. The predicted molar refractivity (Wildman–Crippen MR) is 92.8 cm³/mol. The van der Waals surface area contributed by atoms with E-state index in [0.29, 0.717) is 23.2 Å². The Labute approximate surface area is 140 Å². The van der Waals surface area contributed by atoms with Gasteiger partial charge in [-0.25, -0.2) is 0 Å². The van der Waals surface area contributed by atoms with E-state index in [2.05, 4.69) is 19.9 Å². The number of ether oxygens (including phenoxy) is 1. The van der Waals surface area contributed by atoms with Crippen molar-refractivity contribution in [2.75, 3.05) is 6.61 Å². The molecule has 0 heterocycles. The van der Waals surface area contributed by atoms with Crippen molar-refractivity contribution >= 4 is 0 Å². The topological polar surface area (TPSA) is 29.5 Å². The Morgan fingerprint density at radius 3 is 2.91 bits per heavy atom. The van der Waals surface area contributed by atoms with Gasteiger partial charge < -0.3 is 9.84 Å². The predicted octanol–water partition coefficient (Wildman–Crippen LogP) is 5.04. The van der Waals surface area contributed by atoms with E-state index in [4.69, 9.17) is 4.74 Å². The van der Waals surface area contributed by atoms with Crippen LogP contribution in [0.2, 0.25) is 0 Å². The zero-order chi connectivity index (χ0) is 16.0. The summed E-state index contributed by atoms with van der Waals surface area (Å²) in [7, 11) is 0. The van der Waals surface area contributed by atoms with Crippen molar-refractivity contribution in [3.05, 3.63) is 29.3 Å². The monoisotopic (exact) mass is 314 g/mol. The smallest absolute Gasteiger partial charge is 0.115 e.